The largest absolute Gasteiger partial charge is 0.497 e. The molecule has 1 aromatic rings. The molecule has 1 amide bonds. The molecule has 0 radical (unpaired) electrons. The smallest absolute Gasteiger partial charge is 0.228 e. The van der Waals surface area contributed by atoms with Crippen molar-refractivity contribution >= 4 is 5.91 Å². The van der Waals surface area contributed by atoms with Gasteiger partial charge in [-0.05, 0) is 56.2 Å². The number of ether oxygens (including phenoxy) is 2. The minimum Gasteiger partial charge on any atom is -0.497 e. The summed E-state index contributed by atoms with van der Waals surface area (Å²) in [7, 11) is 1.69. The van der Waals surface area contributed by atoms with Crippen LogP contribution in [0.25, 0.3) is 0 Å². The van der Waals surface area contributed by atoms with Gasteiger partial charge in [-0.3, -0.25) is 4.79 Å². The van der Waals surface area contributed by atoms with Gasteiger partial charge in [0.1, 0.15) is 5.75 Å². The van der Waals surface area contributed by atoms with Gasteiger partial charge >= 0.3 is 0 Å². The van der Waals surface area contributed by atoms with E-state index in [9.17, 15) is 4.79 Å². The van der Waals surface area contributed by atoms with Gasteiger partial charge in [-0.25, -0.2) is 0 Å². The van der Waals surface area contributed by atoms with Crippen molar-refractivity contribution in [1.82, 2.24) is 4.90 Å². The molecule has 4 atom stereocenters. The molecule has 124 valence electrons. The lowest BCUT2D eigenvalue weighted by atomic mass is 9.88. The minimum absolute atomic E-state index is 0.111. The number of hydrogen-bond donors (Lipinski definition) is 0. The topological polar surface area (TPSA) is 38.8 Å². The molecular weight excluding hydrogens is 290 g/mol. The van der Waals surface area contributed by atoms with Gasteiger partial charge < -0.3 is 14.4 Å². The molecular formula is C19H25NO3. The van der Waals surface area contributed by atoms with Crippen LogP contribution in [0.3, 0.4) is 0 Å². The molecule has 0 spiro atoms. The fraction of sp³-hybridized carbons (Fsp3) is 0.632. The van der Waals surface area contributed by atoms with Crippen LogP contribution in [0.1, 0.15) is 37.7 Å². The maximum absolute atomic E-state index is 13.0. The molecule has 0 aliphatic carbocycles. The van der Waals surface area contributed by atoms with E-state index < -0.39 is 0 Å². The van der Waals surface area contributed by atoms with Crippen LogP contribution in [0.4, 0.5) is 0 Å². The Morgan fingerprint density at radius 1 is 1.35 bits per heavy atom. The zero-order valence-electron chi connectivity index (χ0n) is 13.7. The standard InChI is InChI=1S/C19H25NO3/c1-22-15-6-2-4-13(11-15)10-14-5-3-9-20(14)19(21)17-12-16-7-8-18(17)23-16/h2,4,6,11,14,16-18H,3,5,7-10,12H2,1H3/t14-,16-,17+,18-/m1/s1. The fourth-order valence-corrected chi connectivity index (χ4v) is 4.52. The molecule has 0 unspecified atom stereocenters. The van der Waals surface area contributed by atoms with Gasteiger partial charge in [0.15, 0.2) is 0 Å². The van der Waals surface area contributed by atoms with E-state index >= 15 is 0 Å². The predicted molar refractivity (Wildman–Crippen MR) is 87.4 cm³/mol. The Kier molecular flexibility index (Phi) is 4.02. The molecule has 1 aromatic carbocycles. The van der Waals surface area contributed by atoms with Crippen LogP contribution < -0.4 is 4.74 Å². The average molecular weight is 315 g/mol. The normalized spacial score (nSPS) is 32.5. The van der Waals surface area contributed by atoms with Crippen LogP contribution in [-0.4, -0.2) is 42.7 Å². The zero-order valence-corrected chi connectivity index (χ0v) is 13.7. The van der Waals surface area contributed by atoms with Crippen LogP contribution in [0.5, 0.6) is 5.75 Å². The van der Waals surface area contributed by atoms with Crippen molar-refractivity contribution in [3.05, 3.63) is 29.8 Å². The van der Waals surface area contributed by atoms with Gasteiger partial charge in [-0.15, -0.1) is 0 Å². The number of fused-ring (bicyclic) bond motifs is 2. The third-order valence-electron chi connectivity index (χ3n) is 5.69. The molecule has 0 aromatic heterocycles. The Labute approximate surface area is 137 Å². The van der Waals surface area contributed by atoms with Crippen molar-refractivity contribution in [2.24, 2.45) is 5.92 Å². The van der Waals surface area contributed by atoms with E-state index in [0.29, 0.717) is 18.1 Å². The number of carbonyl (C=O) groups is 1. The molecule has 0 saturated carbocycles. The molecule has 3 aliphatic heterocycles. The van der Waals surface area contributed by atoms with E-state index in [2.05, 4.69) is 17.0 Å². The van der Waals surface area contributed by atoms with Crippen LogP contribution >= 0.6 is 0 Å². The molecule has 23 heavy (non-hydrogen) atoms. The molecule has 3 fully saturated rings. The number of hydrogen-bond acceptors (Lipinski definition) is 3. The molecule has 4 heteroatoms. The first-order valence-electron chi connectivity index (χ1n) is 8.83. The second-order valence-corrected chi connectivity index (χ2v) is 7.10. The third kappa shape index (κ3) is 2.85. The van der Waals surface area contributed by atoms with Crippen LogP contribution in [0.2, 0.25) is 0 Å². The fourth-order valence-electron chi connectivity index (χ4n) is 4.52. The van der Waals surface area contributed by atoms with E-state index in [1.807, 2.05) is 12.1 Å². The summed E-state index contributed by atoms with van der Waals surface area (Å²) >= 11 is 0. The lowest BCUT2D eigenvalue weighted by molar-refractivity contribution is -0.138. The Balaban J connectivity index is 1.45. The first-order valence-corrected chi connectivity index (χ1v) is 8.83. The monoisotopic (exact) mass is 315 g/mol. The first kappa shape index (κ1) is 15.0. The van der Waals surface area contributed by atoms with Gasteiger partial charge in [0.05, 0.1) is 25.2 Å². The van der Waals surface area contributed by atoms with E-state index in [4.69, 9.17) is 9.47 Å². The van der Waals surface area contributed by atoms with Gasteiger partial charge in [0.2, 0.25) is 5.91 Å². The van der Waals surface area contributed by atoms with Crippen LogP contribution in [0.15, 0.2) is 24.3 Å². The summed E-state index contributed by atoms with van der Waals surface area (Å²) in [6.07, 6.45) is 6.80. The number of rotatable bonds is 4. The van der Waals surface area contributed by atoms with E-state index in [1.165, 1.54) is 5.56 Å². The molecule has 4 rings (SSSR count). The van der Waals surface area contributed by atoms with Crippen molar-refractivity contribution in [2.75, 3.05) is 13.7 Å². The number of nitrogens with zero attached hydrogens (tertiary/aromatic N) is 1. The zero-order chi connectivity index (χ0) is 15.8. The number of amides is 1. The van der Waals surface area contributed by atoms with Crippen molar-refractivity contribution in [1.29, 1.82) is 0 Å². The van der Waals surface area contributed by atoms with Crippen molar-refractivity contribution < 1.29 is 14.3 Å². The Morgan fingerprint density at radius 3 is 3.00 bits per heavy atom. The van der Waals surface area contributed by atoms with Gasteiger partial charge in [-0.2, -0.15) is 0 Å². The van der Waals surface area contributed by atoms with E-state index in [1.54, 1.807) is 7.11 Å². The second-order valence-electron chi connectivity index (χ2n) is 7.10. The number of likely N-dealkylation sites (tertiary alicyclic amines) is 1. The number of benzene rings is 1. The SMILES string of the molecule is COc1cccc(C[C@H]2CCCN2C(=O)[C@H]2C[C@H]3CC[C@H]2O3)c1. The average Bonchev–Trinajstić information content (AvgIpc) is 3.31. The second kappa shape index (κ2) is 6.16. The van der Waals surface area contributed by atoms with Crippen LogP contribution in [-0.2, 0) is 16.0 Å². The summed E-state index contributed by atoms with van der Waals surface area (Å²) < 4.78 is 11.2. The third-order valence-corrected chi connectivity index (χ3v) is 5.69. The number of methoxy groups -OCH3 is 1. The summed E-state index contributed by atoms with van der Waals surface area (Å²) in [5.74, 6) is 1.34. The highest BCUT2D eigenvalue weighted by molar-refractivity contribution is 5.80. The molecule has 2 bridgehead atoms. The predicted octanol–water partition coefficient (Wildman–Crippen LogP) is 2.80. The maximum atomic E-state index is 13.0. The summed E-state index contributed by atoms with van der Waals surface area (Å²) in [5, 5.41) is 0. The van der Waals surface area contributed by atoms with Gasteiger partial charge in [0.25, 0.3) is 0 Å². The van der Waals surface area contributed by atoms with E-state index in [0.717, 1.165) is 50.8 Å². The van der Waals surface area contributed by atoms with Crippen LogP contribution in [0, 0.1) is 5.92 Å². The molecule has 3 aliphatic rings. The molecule has 3 saturated heterocycles. The van der Waals surface area contributed by atoms with Gasteiger partial charge in [0, 0.05) is 12.6 Å². The lowest BCUT2D eigenvalue weighted by Gasteiger charge is -2.29. The highest BCUT2D eigenvalue weighted by atomic mass is 16.5. The van der Waals surface area contributed by atoms with Crippen molar-refractivity contribution in [2.45, 2.75) is 56.8 Å². The van der Waals surface area contributed by atoms with Crippen molar-refractivity contribution in [3.8, 4) is 5.75 Å². The minimum atomic E-state index is 0.111. The highest BCUT2D eigenvalue weighted by Gasteiger charge is 2.47. The molecule has 3 heterocycles. The summed E-state index contributed by atoms with van der Waals surface area (Å²) in [4.78, 5) is 15.1. The molecule has 4 nitrogen and oxygen atoms in total. The summed E-state index contributed by atoms with van der Waals surface area (Å²) in [6, 6.07) is 8.53. The quantitative estimate of drug-likeness (QED) is 0.857. The summed E-state index contributed by atoms with van der Waals surface area (Å²) in [5.41, 5.74) is 1.25. The first-order chi connectivity index (χ1) is 11.2. The molecule has 0 N–H and O–H groups in total. The number of carbonyl (C=O) groups excluding carboxylic acids is 1. The van der Waals surface area contributed by atoms with E-state index in [-0.39, 0.29) is 12.0 Å². The van der Waals surface area contributed by atoms with Crippen molar-refractivity contribution in [3.63, 3.8) is 0 Å². The Bertz CT molecular complexity index is 588. The summed E-state index contributed by atoms with van der Waals surface area (Å²) in [6.45, 7) is 0.904. The highest BCUT2D eigenvalue weighted by Crippen LogP contribution is 2.40. The Hall–Kier alpha value is -1.55. The maximum Gasteiger partial charge on any atom is 0.228 e. The lowest BCUT2D eigenvalue weighted by Crippen LogP contribution is -2.43. The Morgan fingerprint density at radius 2 is 2.26 bits per heavy atom. The van der Waals surface area contributed by atoms with Gasteiger partial charge in [-0.1, -0.05) is 12.1 Å².